The van der Waals surface area contributed by atoms with Crippen LogP contribution >= 0.6 is 0 Å². The van der Waals surface area contributed by atoms with E-state index < -0.39 is 17.8 Å². The number of aliphatic hydroxyl groups excluding tert-OH is 1. The monoisotopic (exact) mass is 731 g/mol. The maximum atomic E-state index is 12.0. The van der Waals surface area contributed by atoms with Crippen molar-refractivity contribution in [3.63, 3.8) is 0 Å². The van der Waals surface area contributed by atoms with Gasteiger partial charge in [0.05, 0.1) is 43.2 Å². The molecule has 300 valence electrons. The SMILES string of the molecule is CCO[C@@H](C1C[C@@H](C)[C@H]2C(O1)[C@H](O)C(C)(C)[C@]2(C)CC[C@]12CCC[C@H]3C(C)(C)[C@@H](O[C@H]4CN(C(C)(C)C5CN(C)C5)CCO4)CC[C@@]31C2)C(C)(C)O. The second-order valence-corrected chi connectivity index (χ2v) is 21.9. The molecule has 3 saturated heterocycles. The van der Waals surface area contributed by atoms with Crippen molar-refractivity contribution >= 4 is 0 Å². The van der Waals surface area contributed by atoms with Crippen LogP contribution in [0, 0.1) is 50.7 Å². The summed E-state index contributed by atoms with van der Waals surface area (Å²) in [7, 11) is 2.23. The van der Waals surface area contributed by atoms with Gasteiger partial charge in [0.15, 0.2) is 6.29 Å². The summed E-state index contributed by atoms with van der Waals surface area (Å²) in [6.45, 7) is 30.5. The highest BCUT2D eigenvalue weighted by molar-refractivity contribution is 5.24. The summed E-state index contributed by atoms with van der Waals surface area (Å²) in [4.78, 5) is 5.08. The molecule has 7 rings (SSSR count). The van der Waals surface area contributed by atoms with Crippen molar-refractivity contribution in [1.82, 2.24) is 9.80 Å². The lowest BCUT2D eigenvalue weighted by Gasteiger charge is -2.56. The van der Waals surface area contributed by atoms with E-state index >= 15 is 0 Å². The van der Waals surface area contributed by atoms with Crippen LogP contribution in [0.4, 0.5) is 0 Å². The fourth-order valence-electron chi connectivity index (χ4n) is 14.2. The molecule has 52 heavy (non-hydrogen) atoms. The van der Waals surface area contributed by atoms with Gasteiger partial charge in [-0.3, -0.25) is 4.90 Å². The number of aliphatic hydroxyl groups is 2. The van der Waals surface area contributed by atoms with Crippen LogP contribution in [0.3, 0.4) is 0 Å². The molecular formula is C44H78N2O6. The average molecular weight is 731 g/mol. The van der Waals surface area contributed by atoms with Crippen LogP contribution in [0.1, 0.15) is 134 Å². The lowest BCUT2D eigenvalue weighted by Crippen LogP contribution is -2.64. The quantitative estimate of drug-likeness (QED) is 0.232. The van der Waals surface area contributed by atoms with E-state index in [-0.39, 0.29) is 52.3 Å². The summed E-state index contributed by atoms with van der Waals surface area (Å²) in [5.74, 6) is 2.02. The van der Waals surface area contributed by atoms with E-state index in [2.05, 4.69) is 72.2 Å². The van der Waals surface area contributed by atoms with Crippen molar-refractivity contribution in [3.05, 3.63) is 0 Å². The van der Waals surface area contributed by atoms with Crippen molar-refractivity contribution in [2.75, 3.05) is 46.4 Å². The fourth-order valence-corrected chi connectivity index (χ4v) is 14.2. The van der Waals surface area contributed by atoms with Crippen molar-refractivity contribution in [2.45, 2.75) is 182 Å². The number of nitrogens with zero attached hydrogens (tertiary/aromatic N) is 2. The molecule has 0 aromatic rings. The molecule has 8 nitrogen and oxygen atoms in total. The molecule has 0 radical (unpaired) electrons. The van der Waals surface area contributed by atoms with E-state index in [4.69, 9.17) is 18.9 Å². The van der Waals surface area contributed by atoms with Gasteiger partial charge in [0.25, 0.3) is 0 Å². The molecule has 4 saturated carbocycles. The molecule has 7 aliphatic rings. The minimum atomic E-state index is -1.02. The molecule has 4 aliphatic carbocycles. The van der Waals surface area contributed by atoms with Crippen molar-refractivity contribution in [3.8, 4) is 0 Å². The molecule has 0 aromatic heterocycles. The van der Waals surface area contributed by atoms with E-state index in [1.807, 2.05) is 20.8 Å². The molecule has 12 atom stereocenters. The Hall–Kier alpha value is -0.320. The minimum Gasteiger partial charge on any atom is -0.390 e. The summed E-state index contributed by atoms with van der Waals surface area (Å²) >= 11 is 0. The van der Waals surface area contributed by atoms with Gasteiger partial charge in [-0.15, -0.1) is 0 Å². The molecule has 0 amide bonds. The summed E-state index contributed by atoms with van der Waals surface area (Å²) in [6.07, 6.45) is 9.60. The molecule has 2 N–H and O–H groups in total. The van der Waals surface area contributed by atoms with Crippen molar-refractivity contribution < 1.29 is 29.2 Å². The Balaban J connectivity index is 1.03. The van der Waals surface area contributed by atoms with Gasteiger partial charge >= 0.3 is 0 Å². The van der Waals surface area contributed by atoms with E-state index in [1.165, 1.54) is 51.6 Å². The predicted molar refractivity (Wildman–Crippen MR) is 206 cm³/mol. The number of ether oxygens (including phenoxy) is 4. The predicted octanol–water partition coefficient (Wildman–Crippen LogP) is 7.14. The van der Waals surface area contributed by atoms with Crippen molar-refractivity contribution in [1.29, 1.82) is 0 Å². The molecular weight excluding hydrogens is 652 g/mol. The highest BCUT2D eigenvalue weighted by Crippen LogP contribution is 2.82. The van der Waals surface area contributed by atoms with Gasteiger partial charge < -0.3 is 34.1 Å². The maximum absolute atomic E-state index is 12.0. The normalized spacial score (nSPS) is 45.8. The standard InChI is InChI=1S/C44H78N2O6/c1-13-49-37(41(9,10)48)30-23-28(2)34-35(51-30)36(47)39(5,6)42(34,11)19-20-43-17-14-15-31-38(3,4)32(16-18-44(31,43)27-43)52-33-26-46(21-22-50-33)40(7,8)29-24-45(12)25-29/h28-37,47-48H,13-27H2,1-12H3/t28-,30?,31+,32+,33+,34+,35?,36+,37+,42-,43+,44-/m1/s1. The summed E-state index contributed by atoms with van der Waals surface area (Å²) in [5.41, 5.74) is -0.262. The minimum absolute atomic E-state index is 0.0501. The first-order valence-electron chi connectivity index (χ1n) is 21.5. The zero-order valence-electron chi connectivity index (χ0n) is 35.3. The van der Waals surface area contributed by atoms with Gasteiger partial charge in [0, 0.05) is 37.7 Å². The number of hydrogen-bond donors (Lipinski definition) is 2. The first kappa shape index (κ1) is 39.9. The average Bonchev–Trinajstić information content (AvgIpc) is 3.69. The zero-order chi connectivity index (χ0) is 37.9. The first-order valence-corrected chi connectivity index (χ1v) is 21.5. The molecule has 8 heteroatoms. The molecule has 2 unspecified atom stereocenters. The molecule has 1 spiro atoms. The summed E-state index contributed by atoms with van der Waals surface area (Å²) in [6, 6.07) is 0. The molecule has 3 aliphatic heterocycles. The molecule has 0 bridgehead atoms. The van der Waals surface area contributed by atoms with Crippen LogP contribution in [0.5, 0.6) is 0 Å². The summed E-state index contributed by atoms with van der Waals surface area (Å²) < 4.78 is 26.4. The number of fused-ring (bicyclic) bond motifs is 1. The molecule has 7 fully saturated rings. The fraction of sp³-hybridized carbons (Fsp3) is 1.00. The third-order valence-corrected chi connectivity index (χ3v) is 17.9. The van der Waals surface area contributed by atoms with Crippen LogP contribution in [0.2, 0.25) is 0 Å². The van der Waals surface area contributed by atoms with Gasteiger partial charge in [-0.2, -0.15) is 0 Å². The maximum Gasteiger partial charge on any atom is 0.170 e. The van der Waals surface area contributed by atoms with Crippen LogP contribution in [-0.4, -0.2) is 114 Å². The molecule has 3 heterocycles. The van der Waals surface area contributed by atoms with E-state index in [0.717, 1.165) is 39.0 Å². The highest BCUT2D eigenvalue weighted by atomic mass is 16.7. The largest absolute Gasteiger partial charge is 0.390 e. The number of rotatable bonds is 11. The van der Waals surface area contributed by atoms with Crippen LogP contribution in [0.15, 0.2) is 0 Å². The third kappa shape index (κ3) is 6.12. The Labute approximate surface area is 317 Å². The Kier molecular flexibility index (Phi) is 10.3. The third-order valence-electron chi connectivity index (χ3n) is 17.9. The van der Waals surface area contributed by atoms with Gasteiger partial charge in [0.1, 0.15) is 6.10 Å². The lowest BCUT2D eigenvalue weighted by molar-refractivity contribution is -0.251. The van der Waals surface area contributed by atoms with E-state index in [0.29, 0.717) is 35.2 Å². The Morgan fingerprint density at radius 1 is 0.981 bits per heavy atom. The number of morpholine rings is 1. The van der Waals surface area contributed by atoms with Crippen LogP contribution in [0.25, 0.3) is 0 Å². The topological polar surface area (TPSA) is 83.9 Å². The van der Waals surface area contributed by atoms with Gasteiger partial charge in [-0.25, -0.2) is 0 Å². The number of hydrogen-bond acceptors (Lipinski definition) is 8. The van der Waals surface area contributed by atoms with Crippen LogP contribution < -0.4 is 0 Å². The van der Waals surface area contributed by atoms with E-state index in [1.54, 1.807) is 0 Å². The van der Waals surface area contributed by atoms with Gasteiger partial charge in [-0.1, -0.05) is 48.0 Å². The second kappa shape index (κ2) is 13.4. The Morgan fingerprint density at radius 3 is 2.35 bits per heavy atom. The van der Waals surface area contributed by atoms with Crippen LogP contribution in [-0.2, 0) is 18.9 Å². The van der Waals surface area contributed by atoms with Crippen molar-refractivity contribution in [2.24, 2.45) is 50.7 Å². The first-order chi connectivity index (χ1) is 24.1. The smallest absolute Gasteiger partial charge is 0.170 e. The highest BCUT2D eigenvalue weighted by Gasteiger charge is 2.75. The van der Waals surface area contributed by atoms with Gasteiger partial charge in [0.2, 0.25) is 0 Å². The Bertz CT molecular complexity index is 1290. The van der Waals surface area contributed by atoms with Gasteiger partial charge in [-0.05, 0) is 138 Å². The summed E-state index contributed by atoms with van der Waals surface area (Å²) in [5, 5.41) is 23.1. The zero-order valence-corrected chi connectivity index (χ0v) is 35.3. The molecule has 0 aromatic carbocycles. The second-order valence-electron chi connectivity index (χ2n) is 21.9. The van der Waals surface area contributed by atoms with E-state index in [9.17, 15) is 10.2 Å². The lowest BCUT2D eigenvalue weighted by atomic mass is 9.52. The Morgan fingerprint density at radius 2 is 1.69 bits per heavy atom. The number of likely N-dealkylation sites (tertiary alicyclic amines) is 1.